The molecule has 0 unspecified atom stereocenters. The zero-order chi connectivity index (χ0) is 13.2. The van der Waals surface area contributed by atoms with E-state index in [1.54, 1.807) is 6.07 Å². The summed E-state index contributed by atoms with van der Waals surface area (Å²) in [5.74, 6) is -0.279. The van der Waals surface area contributed by atoms with Gasteiger partial charge in [0.25, 0.3) is 0 Å². The molecule has 2 rings (SSSR count). The fourth-order valence-electron chi connectivity index (χ4n) is 2.67. The lowest BCUT2D eigenvalue weighted by molar-refractivity contribution is 0.0805. The molecular weight excluding hydrogens is 233 g/mol. The number of hydrogen-bond donors (Lipinski definition) is 1. The Kier molecular flexibility index (Phi) is 3.66. The van der Waals surface area contributed by atoms with E-state index in [1.807, 2.05) is 0 Å². The van der Waals surface area contributed by atoms with Gasteiger partial charge in [0.15, 0.2) is 5.78 Å². The van der Waals surface area contributed by atoms with Crippen LogP contribution >= 0.6 is 0 Å². The van der Waals surface area contributed by atoms with Crippen molar-refractivity contribution < 1.29 is 13.9 Å². The summed E-state index contributed by atoms with van der Waals surface area (Å²) >= 11 is 0. The van der Waals surface area contributed by atoms with E-state index in [9.17, 15) is 9.18 Å². The Morgan fingerprint density at radius 2 is 2.11 bits per heavy atom. The van der Waals surface area contributed by atoms with Crippen molar-refractivity contribution in [3.63, 3.8) is 0 Å². The van der Waals surface area contributed by atoms with Gasteiger partial charge in [0.1, 0.15) is 11.6 Å². The van der Waals surface area contributed by atoms with Gasteiger partial charge in [-0.3, -0.25) is 4.79 Å². The number of rotatable bonds is 4. The predicted octanol–water partition coefficient (Wildman–Crippen LogP) is 2.54. The van der Waals surface area contributed by atoms with Crippen LogP contribution in [0.2, 0.25) is 0 Å². The number of ketones is 1. The third-order valence-electron chi connectivity index (χ3n) is 3.85. The van der Waals surface area contributed by atoms with Gasteiger partial charge in [-0.25, -0.2) is 4.39 Å². The fourth-order valence-corrected chi connectivity index (χ4v) is 2.67. The number of carbonyl (C=O) groups excluding carboxylic acids is 1. The molecule has 1 aliphatic carbocycles. The number of methoxy groups -OCH3 is 1. The van der Waals surface area contributed by atoms with Crippen molar-refractivity contribution in [2.45, 2.75) is 25.7 Å². The minimum atomic E-state index is -0.560. The van der Waals surface area contributed by atoms with E-state index in [2.05, 4.69) is 0 Å². The normalized spacial score (nSPS) is 17.7. The van der Waals surface area contributed by atoms with E-state index in [0.717, 1.165) is 25.7 Å². The summed E-state index contributed by atoms with van der Waals surface area (Å²) in [7, 11) is 1.47. The smallest absolute Gasteiger partial charge is 0.173 e. The summed E-state index contributed by atoms with van der Waals surface area (Å²) < 4.78 is 18.8. The second-order valence-electron chi connectivity index (χ2n) is 4.87. The molecule has 0 saturated heterocycles. The molecule has 0 spiro atoms. The number of benzene rings is 1. The zero-order valence-electron chi connectivity index (χ0n) is 10.5. The van der Waals surface area contributed by atoms with Crippen LogP contribution in [-0.2, 0) is 0 Å². The highest BCUT2D eigenvalue weighted by molar-refractivity contribution is 6.01. The van der Waals surface area contributed by atoms with Crippen molar-refractivity contribution in [3.8, 4) is 5.75 Å². The third-order valence-corrected chi connectivity index (χ3v) is 3.85. The monoisotopic (exact) mass is 251 g/mol. The quantitative estimate of drug-likeness (QED) is 0.837. The van der Waals surface area contributed by atoms with Crippen LogP contribution in [0, 0.1) is 11.2 Å². The Morgan fingerprint density at radius 1 is 1.44 bits per heavy atom. The average molecular weight is 251 g/mol. The van der Waals surface area contributed by atoms with Crippen molar-refractivity contribution in [2.24, 2.45) is 11.1 Å². The summed E-state index contributed by atoms with van der Waals surface area (Å²) in [6, 6.07) is 4.34. The van der Waals surface area contributed by atoms with E-state index in [4.69, 9.17) is 10.5 Å². The largest absolute Gasteiger partial charge is 0.497 e. The van der Waals surface area contributed by atoms with Crippen molar-refractivity contribution in [1.29, 1.82) is 0 Å². The number of hydrogen-bond acceptors (Lipinski definition) is 3. The molecular formula is C14H18FNO2. The molecule has 1 aromatic rings. The minimum Gasteiger partial charge on any atom is -0.497 e. The maximum Gasteiger partial charge on any atom is 0.173 e. The molecule has 0 radical (unpaired) electrons. The van der Waals surface area contributed by atoms with Gasteiger partial charge in [-0.15, -0.1) is 0 Å². The number of Topliss-reactive ketones (excluding diaryl/α,β-unsaturated/α-hetero) is 1. The first kappa shape index (κ1) is 13.0. The molecule has 0 aromatic heterocycles. The van der Waals surface area contributed by atoms with Gasteiger partial charge >= 0.3 is 0 Å². The molecule has 3 nitrogen and oxygen atoms in total. The molecule has 0 aliphatic heterocycles. The third kappa shape index (κ3) is 2.12. The van der Waals surface area contributed by atoms with Gasteiger partial charge in [0.2, 0.25) is 0 Å². The van der Waals surface area contributed by atoms with Crippen LogP contribution in [0.5, 0.6) is 5.75 Å². The molecule has 2 N–H and O–H groups in total. The standard InChI is InChI=1S/C14H18FNO2/c1-18-10-4-5-11(12(15)8-10)13(17)14(9-16)6-2-3-7-14/h4-5,8H,2-3,6-7,9,16H2,1H3. The lowest BCUT2D eigenvalue weighted by Crippen LogP contribution is -2.36. The molecule has 1 aliphatic rings. The highest BCUT2D eigenvalue weighted by atomic mass is 19.1. The van der Waals surface area contributed by atoms with Crippen molar-refractivity contribution in [2.75, 3.05) is 13.7 Å². The molecule has 0 atom stereocenters. The Balaban J connectivity index is 2.33. The highest BCUT2D eigenvalue weighted by Crippen LogP contribution is 2.40. The molecule has 4 heteroatoms. The van der Waals surface area contributed by atoms with Gasteiger partial charge in [0.05, 0.1) is 12.7 Å². The van der Waals surface area contributed by atoms with Crippen LogP contribution in [0.4, 0.5) is 4.39 Å². The summed E-state index contributed by atoms with van der Waals surface area (Å²) in [5.41, 5.74) is 5.31. The number of nitrogens with two attached hydrogens (primary N) is 1. The van der Waals surface area contributed by atoms with Gasteiger partial charge in [-0.1, -0.05) is 12.8 Å². The van der Waals surface area contributed by atoms with Crippen LogP contribution in [0.3, 0.4) is 0 Å². The van der Waals surface area contributed by atoms with Crippen molar-refractivity contribution in [3.05, 3.63) is 29.6 Å². The zero-order valence-corrected chi connectivity index (χ0v) is 10.5. The number of ether oxygens (including phenoxy) is 1. The summed E-state index contributed by atoms with van der Waals surface area (Å²) in [5, 5.41) is 0. The van der Waals surface area contributed by atoms with E-state index >= 15 is 0 Å². The first-order chi connectivity index (χ1) is 8.63. The van der Waals surface area contributed by atoms with Crippen LogP contribution in [0.25, 0.3) is 0 Å². The first-order valence-corrected chi connectivity index (χ1v) is 6.21. The minimum absolute atomic E-state index is 0.128. The fraction of sp³-hybridized carbons (Fsp3) is 0.500. The van der Waals surface area contributed by atoms with Gasteiger partial charge in [-0.05, 0) is 25.0 Å². The van der Waals surface area contributed by atoms with Crippen LogP contribution < -0.4 is 10.5 Å². The van der Waals surface area contributed by atoms with Crippen LogP contribution in [0.1, 0.15) is 36.0 Å². The molecule has 18 heavy (non-hydrogen) atoms. The SMILES string of the molecule is COc1ccc(C(=O)C2(CN)CCCC2)c(F)c1. The van der Waals surface area contributed by atoms with Crippen molar-refractivity contribution >= 4 is 5.78 Å². The van der Waals surface area contributed by atoms with E-state index in [1.165, 1.54) is 19.2 Å². The Bertz CT molecular complexity index is 453. The van der Waals surface area contributed by atoms with Crippen LogP contribution in [0.15, 0.2) is 18.2 Å². The predicted molar refractivity (Wildman–Crippen MR) is 67.2 cm³/mol. The van der Waals surface area contributed by atoms with E-state index in [0.29, 0.717) is 5.75 Å². The van der Waals surface area contributed by atoms with Crippen LogP contribution in [-0.4, -0.2) is 19.4 Å². The molecule has 0 amide bonds. The first-order valence-electron chi connectivity index (χ1n) is 6.21. The Labute approximate surface area is 106 Å². The molecule has 98 valence electrons. The Morgan fingerprint density at radius 3 is 2.61 bits per heavy atom. The number of halogens is 1. The van der Waals surface area contributed by atoms with Crippen molar-refractivity contribution in [1.82, 2.24) is 0 Å². The number of carbonyl (C=O) groups is 1. The maximum atomic E-state index is 13.9. The van der Waals surface area contributed by atoms with Gasteiger partial charge in [-0.2, -0.15) is 0 Å². The molecule has 1 saturated carbocycles. The lowest BCUT2D eigenvalue weighted by atomic mass is 9.78. The van der Waals surface area contributed by atoms with Gasteiger partial charge in [0, 0.05) is 18.0 Å². The van der Waals surface area contributed by atoms with Gasteiger partial charge < -0.3 is 10.5 Å². The maximum absolute atomic E-state index is 13.9. The molecule has 0 heterocycles. The van der Waals surface area contributed by atoms with E-state index < -0.39 is 11.2 Å². The molecule has 1 fully saturated rings. The summed E-state index contributed by atoms with van der Waals surface area (Å²) in [6.45, 7) is 0.289. The lowest BCUT2D eigenvalue weighted by Gasteiger charge is -2.25. The topological polar surface area (TPSA) is 52.3 Å². The Hall–Kier alpha value is -1.42. The summed E-state index contributed by atoms with van der Waals surface area (Å²) in [4.78, 5) is 12.5. The second-order valence-corrected chi connectivity index (χ2v) is 4.87. The molecule has 1 aromatic carbocycles. The van der Waals surface area contributed by atoms with E-state index in [-0.39, 0.29) is 17.9 Å². The summed E-state index contributed by atoms with van der Waals surface area (Å²) in [6.07, 6.45) is 3.49. The average Bonchev–Trinajstić information content (AvgIpc) is 2.87. The highest BCUT2D eigenvalue weighted by Gasteiger charge is 2.41. The second kappa shape index (κ2) is 5.06. The molecule has 0 bridgehead atoms.